The van der Waals surface area contributed by atoms with Crippen LogP contribution in [0.3, 0.4) is 0 Å². The van der Waals surface area contributed by atoms with Crippen molar-refractivity contribution in [2.75, 3.05) is 7.11 Å². The molecular weight excluding hydrogens is 250 g/mol. The van der Waals surface area contributed by atoms with E-state index in [-0.39, 0.29) is 10.6 Å². The van der Waals surface area contributed by atoms with Gasteiger partial charge in [0.2, 0.25) is 0 Å². The number of aryl methyl sites for hydroxylation is 1. The minimum absolute atomic E-state index is 0.0229. The molecule has 1 aromatic carbocycles. The highest BCUT2D eigenvalue weighted by Gasteiger charge is 2.21. The molecule has 0 saturated carbocycles. The van der Waals surface area contributed by atoms with E-state index in [4.69, 9.17) is 15.4 Å². The third kappa shape index (κ3) is 1.66. The third-order valence-corrected chi connectivity index (χ3v) is 3.82. The fourth-order valence-electron chi connectivity index (χ4n) is 1.72. The van der Waals surface area contributed by atoms with E-state index in [0.29, 0.717) is 5.39 Å². The highest BCUT2D eigenvalue weighted by molar-refractivity contribution is 8.14. The molecule has 0 aliphatic carbocycles. The first-order valence-corrected chi connectivity index (χ1v) is 6.83. The van der Waals surface area contributed by atoms with Crippen LogP contribution in [-0.4, -0.2) is 20.1 Å². The molecule has 1 heterocycles. The Morgan fingerprint density at radius 3 is 2.56 bits per heavy atom. The molecule has 2 rings (SSSR count). The number of halogens is 1. The van der Waals surface area contributed by atoms with Crippen molar-refractivity contribution in [2.45, 2.75) is 4.90 Å². The Kier molecular flexibility index (Phi) is 2.59. The average molecular weight is 260 g/mol. The van der Waals surface area contributed by atoms with Crippen molar-refractivity contribution < 1.29 is 13.2 Å². The Morgan fingerprint density at radius 1 is 1.31 bits per heavy atom. The van der Waals surface area contributed by atoms with Crippen LogP contribution in [0.25, 0.3) is 10.9 Å². The van der Waals surface area contributed by atoms with Gasteiger partial charge in [-0.15, -0.1) is 0 Å². The van der Waals surface area contributed by atoms with Crippen LogP contribution >= 0.6 is 10.7 Å². The Balaban J connectivity index is 2.95. The number of nitrogens with zero attached hydrogens (tertiary/aromatic N) is 1. The number of benzene rings is 1. The Labute approximate surface area is 97.8 Å². The van der Waals surface area contributed by atoms with E-state index in [1.807, 2.05) is 11.6 Å². The van der Waals surface area contributed by atoms with Gasteiger partial charge in [0.05, 0.1) is 7.11 Å². The van der Waals surface area contributed by atoms with Gasteiger partial charge >= 0.3 is 0 Å². The zero-order valence-electron chi connectivity index (χ0n) is 8.77. The standard InChI is InChI=1S/C10H10ClNO3S/c1-12-6-5-7-8(12)3-4-9(15-2)10(7)16(11,13)14/h3-6H,1-2H3. The van der Waals surface area contributed by atoms with E-state index < -0.39 is 9.05 Å². The van der Waals surface area contributed by atoms with Crippen molar-refractivity contribution in [3.05, 3.63) is 24.4 Å². The lowest BCUT2D eigenvalue weighted by molar-refractivity contribution is 0.404. The summed E-state index contributed by atoms with van der Waals surface area (Å²) in [7, 11) is 4.83. The van der Waals surface area contributed by atoms with Gasteiger partial charge < -0.3 is 9.30 Å². The van der Waals surface area contributed by atoms with Gasteiger partial charge in [0.25, 0.3) is 9.05 Å². The van der Waals surface area contributed by atoms with E-state index in [0.717, 1.165) is 5.52 Å². The molecule has 0 unspecified atom stereocenters. The molecule has 16 heavy (non-hydrogen) atoms. The monoisotopic (exact) mass is 259 g/mol. The van der Waals surface area contributed by atoms with Crippen molar-refractivity contribution in [1.29, 1.82) is 0 Å². The van der Waals surface area contributed by atoms with Crippen LogP contribution in [-0.2, 0) is 16.1 Å². The summed E-state index contributed by atoms with van der Waals surface area (Å²) in [6.45, 7) is 0. The minimum Gasteiger partial charge on any atom is -0.495 e. The number of methoxy groups -OCH3 is 1. The normalized spacial score (nSPS) is 11.9. The van der Waals surface area contributed by atoms with Gasteiger partial charge in [-0.25, -0.2) is 8.42 Å². The van der Waals surface area contributed by atoms with Crippen molar-refractivity contribution >= 4 is 30.6 Å². The van der Waals surface area contributed by atoms with Gasteiger partial charge in [-0.3, -0.25) is 0 Å². The molecule has 0 spiro atoms. The number of hydrogen-bond acceptors (Lipinski definition) is 3. The fraction of sp³-hybridized carbons (Fsp3) is 0.200. The predicted octanol–water partition coefficient (Wildman–Crippen LogP) is 2.11. The van der Waals surface area contributed by atoms with Gasteiger partial charge in [-0.1, -0.05) is 0 Å². The molecule has 0 aliphatic rings. The molecule has 0 radical (unpaired) electrons. The van der Waals surface area contributed by atoms with E-state index >= 15 is 0 Å². The lowest BCUT2D eigenvalue weighted by atomic mass is 10.2. The van der Waals surface area contributed by atoms with Crippen LogP contribution in [0.5, 0.6) is 5.75 Å². The SMILES string of the molecule is COc1ccc2c(ccn2C)c1S(=O)(=O)Cl. The average Bonchev–Trinajstić information content (AvgIpc) is 2.57. The maximum atomic E-state index is 11.5. The molecule has 0 fully saturated rings. The maximum Gasteiger partial charge on any atom is 0.265 e. The minimum atomic E-state index is -3.82. The zero-order valence-corrected chi connectivity index (χ0v) is 10.3. The number of hydrogen-bond donors (Lipinski definition) is 0. The summed E-state index contributed by atoms with van der Waals surface area (Å²) >= 11 is 0. The molecule has 1 aromatic heterocycles. The predicted molar refractivity (Wildman–Crippen MR) is 62.5 cm³/mol. The van der Waals surface area contributed by atoms with Crippen LogP contribution in [0.2, 0.25) is 0 Å². The molecule has 0 saturated heterocycles. The molecule has 0 atom stereocenters. The number of ether oxygens (including phenoxy) is 1. The second-order valence-electron chi connectivity index (χ2n) is 3.39. The first-order chi connectivity index (χ1) is 7.45. The molecular formula is C10H10ClNO3S. The summed E-state index contributed by atoms with van der Waals surface area (Å²) in [6.07, 6.45) is 1.77. The highest BCUT2D eigenvalue weighted by atomic mass is 35.7. The Hall–Kier alpha value is -1.20. The number of fused-ring (bicyclic) bond motifs is 1. The van der Waals surface area contributed by atoms with Gasteiger partial charge in [0, 0.05) is 34.8 Å². The quantitative estimate of drug-likeness (QED) is 0.776. The van der Waals surface area contributed by atoms with Crippen LogP contribution in [0.15, 0.2) is 29.3 Å². The van der Waals surface area contributed by atoms with Gasteiger partial charge in [0.1, 0.15) is 10.6 Å². The van der Waals surface area contributed by atoms with E-state index in [2.05, 4.69) is 0 Å². The molecule has 0 bridgehead atoms. The molecule has 0 aliphatic heterocycles. The van der Waals surface area contributed by atoms with E-state index in [1.165, 1.54) is 7.11 Å². The summed E-state index contributed by atoms with van der Waals surface area (Å²) in [5.41, 5.74) is 0.792. The van der Waals surface area contributed by atoms with Crippen molar-refractivity contribution in [3.63, 3.8) is 0 Å². The molecule has 86 valence electrons. The lowest BCUT2D eigenvalue weighted by Crippen LogP contribution is -1.97. The van der Waals surface area contributed by atoms with Gasteiger partial charge in [0.15, 0.2) is 0 Å². The molecule has 0 amide bonds. The van der Waals surface area contributed by atoms with Crippen LogP contribution in [0.1, 0.15) is 0 Å². The Morgan fingerprint density at radius 2 is 2.00 bits per heavy atom. The van der Waals surface area contributed by atoms with Crippen LogP contribution in [0.4, 0.5) is 0 Å². The maximum absolute atomic E-state index is 11.5. The van der Waals surface area contributed by atoms with Crippen molar-refractivity contribution in [3.8, 4) is 5.75 Å². The second kappa shape index (κ2) is 3.68. The molecule has 0 N–H and O–H groups in total. The van der Waals surface area contributed by atoms with E-state index in [1.54, 1.807) is 24.4 Å². The van der Waals surface area contributed by atoms with Crippen molar-refractivity contribution in [1.82, 2.24) is 4.57 Å². The third-order valence-electron chi connectivity index (χ3n) is 2.45. The number of aromatic nitrogens is 1. The lowest BCUT2D eigenvalue weighted by Gasteiger charge is -2.07. The van der Waals surface area contributed by atoms with Gasteiger partial charge in [-0.05, 0) is 18.2 Å². The van der Waals surface area contributed by atoms with E-state index in [9.17, 15) is 8.42 Å². The topological polar surface area (TPSA) is 48.3 Å². The second-order valence-corrected chi connectivity index (χ2v) is 5.90. The summed E-state index contributed by atoms with van der Waals surface area (Å²) < 4.78 is 29.9. The highest BCUT2D eigenvalue weighted by Crippen LogP contribution is 2.34. The molecule has 2 aromatic rings. The fourth-order valence-corrected chi connectivity index (χ4v) is 3.02. The largest absolute Gasteiger partial charge is 0.495 e. The summed E-state index contributed by atoms with van der Waals surface area (Å²) in [6, 6.07) is 5.09. The summed E-state index contributed by atoms with van der Waals surface area (Å²) in [5.74, 6) is 0.258. The smallest absolute Gasteiger partial charge is 0.265 e. The molecule has 4 nitrogen and oxygen atoms in total. The van der Waals surface area contributed by atoms with Gasteiger partial charge in [-0.2, -0.15) is 0 Å². The zero-order chi connectivity index (χ0) is 11.9. The first kappa shape index (κ1) is 11.3. The van der Waals surface area contributed by atoms with Crippen LogP contribution in [0, 0.1) is 0 Å². The Bertz CT molecular complexity index is 645. The number of rotatable bonds is 2. The first-order valence-electron chi connectivity index (χ1n) is 4.52. The molecule has 6 heteroatoms. The summed E-state index contributed by atoms with van der Waals surface area (Å²) in [5, 5.41) is 0.567. The van der Waals surface area contributed by atoms with Crippen LogP contribution < -0.4 is 4.74 Å². The summed E-state index contributed by atoms with van der Waals surface area (Å²) in [4.78, 5) is 0.0229. The van der Waals surface area contributed by atoms with Crippen molar-refractivity contribution in [2.24, 2.45) is 7.05 Å².